The Balaban J connectivity index is 1.76. The average Bonchev–Trinajstić information content (AvgIpc) is 2.68. The molecule has 0 saturated carbocycles. The first-order valence-corrected chi connectivity index (χ1v) is 8.69. The lowest BCUT2D eigenvalue weighted by molar-refractivity contribution is 0.0947. The molecule has 7 heteroatoms. The highest BCUT2D eigenvalue weighted by Gasteiger charge is 2.15. The minimum absolute atomic E-state index is 0.192. The van der Waals surface area contributed by atoms with E-state index in [2.05, 4.69) is 15.3 Å². The monoisotopic (exact) mass is 382 g/mol. The van der Waals surface area contributed by atoms with Crippen molar-refractivity contribution in [2.75, 3.05) is 19.0 Å². The molecule has 0 spiro atoms. The molecule has 1 N–H and O–H groups in total. The van der Waals surface area contributed by atoms with Gasteiger partial charge in [-0.2, -0.15) is 0 Å². The van der Waals surface area contributed by atoms with Crippen LogP contribution >= 0.6 is 11.6 Å². The Morgan fingerprint density at radius 1 is 1.19 bits per heavy atom. The van der Waals surface area contributed by atoms with Crippen LogP contribution in [0.1, 0.15) is 15.9 Å². The maximum atomic E-state index is 12.6. The molecule has 1 aromatic heterocycles. The van der Waals surface area contributed by atoms with Crippen LogP contribution in [0.5, 0.6) is 11.6 Å². The third-order valence-electron chi connectivity index (χ3n) is 3.87. The van der Waals surface area contributed by atoms with Gasteiger partial charge in [0.2, 0.25) is 5.88 Å². The fourth-order valence-electron chi connectivity index (χ4n) is 2.40. The van der Waals surface area contributed by atoms with Crippen LogP contribution in [0, 0.1) is 0 Å². The van der Waals surface area contributed by atoms with Crippen LogP contribution in [0.4, 0.5) is 5.69 Å². The summed E-state index contributed by atoms with van der Waals surface area (Å²) in [6.07, 6.45) is 2.77. The highest BCUT2D eigenvalue weighted by Crippen LogP contribution is 2.26. The summed E-state index contributed by atoms with van der Waals surface area (Å²) in [5, 5.41) is 3.42. The summed E-state index contributed by atoms with van der Waals surface area (Å²) in [6.45, 7) is 0.295. The maximum Gasteiger partial charge on any atom is 0.258 e. The topological polar surface area (TPSA) is 67.3 Å². The lowest BCUT2D eigenvalue weighted by atomic mass is 10.2. The van der Waals surface area contributed by atoms with E-state index in [9.17, 15) is 4.79 Å². The number of aromatic nitrogens is 2. The molecule has 27 heavy (non-hydrogen) atoms. The molecule has 1 amide bonds. The van der Waals surface area contributed by atoms with Gasteiger partial charge in [-0.15, -0.1) is 0 Å². The molecular weight excluding hydrogens is 364 g/mol. The fourth-order valence-corrected chi connectivity index (χ4v) is 2.61. The number of hydrogen-bond acceptors (Lipinski definition) is 5. The van der Waals surface area contributed by atoms with Crippen LogP contribution in [0.3, 0.4) is 0 Å². The largest absolute Gasteiger partial charge is 0.438 e. The molecule has 0 aliphatic carbocycles. The van der Waals surface area contributed by atoms with Crippen LogP contribution in [0.25, 0.3) is 0 Å². The van der Waals surface area contributed by atoms with Crippen LogP contribution < -0.4 is 15.0 Å². The average molecular weight is 383 g/mol. The summed E-state index contributed by atoms with van der Waals surface area (Å²) in [5.74, 6) is 0.437. The summed E-state index contributed by atoms with van der Waals surface area (Å²) >= 11 is 6.13. The number of benzene rings is 2. The normalized spacial score (nSPS) is 10.3. The van der Waals surface area contributed by atoms with Crippen molar-refractivity contribution in [2.45, 2.75) is 6.54 Å². The second-order valence-electron chi connectivity index (χ2n) is 6.01. The second kappa shape index (κ2) is 8.51. The second-order valence-corrected chi connectivity index (χ2v) is 6.42. The molecule has 0 unspecified atom stereocenters. The van der Waals surface area contributed by atoms with Crippen molar-refractivity contribution in [3.8, 4) is 11.6 Å². The van der Waals surface area contributed by atoms with E-state index in [1.807, 2.05) is 55.4 Å². The van der Waals surface area contributed by atoms with Crippen molar-refractivity contribution in [1.82, 2.24) is 15.3 Å². The third-order valence-corrected chi connectivity index (χ3v) is 4.23. The van der Waals surface area contributed by atoms with Crippen molar-refractivity contribution >= 4 is 23.2 Å². The molecule has 0 bridgehead atoms. The van der Waals surface area contributed by atoms with Gasteiger partial charge in [-0.1, -0.05) is 35.9 Å². The number of ether oxygens (including phenoxy) is 1. The van der Waals surface area contributed by atoms with Crippen LogP contribution in [0.15, 0.2) is 61.1 Å². The molecule has 138 valence electrons. The number of nitrogens with zero attached hydrogens (tertiary/aromatic N) is 3. The molecular formula is C20H19ClN4O2. The Hall–Kier alpha value is -3.12. The first kappa shape index (κ1) is 18.7. The lowest BCUT2D eigenvalue weighted by Gasteiger charge is -2.14. The predicted octanol–water partition coefficient (Wildman–Crippen LogP) is 3.92. The fraction of sp³-hybridized carbons (Fsp3) is 0.150. The molecule has 0 fully saturated rings. The Labute approximate surface area is 162 Å². The number of carbonyl (C=O) groups excluding carboxylic acids is 1. The number of anilines is 1. The van der Waals surface area contributed by atoms with Gasteiger partial charge in [-0.3, -0.25) is 4.79 Å². The highest BCUT2D eigenvalue weighted by molar-refractivity contribution is 6.31. The number of amides is 1. The molecule has 3 aromatic rings. The van der Waals surface area contributed by atoms with Gasteiger partial charge in [0, 0.05) is 43.6 Å². The van der Waals surface area contributed by atoms with E-state index in [-0.39, 0.29) is 17.4 Å². The smallest absolute Gasteiger partial charge is 0.258 e. The van der Waals surface area contributed by atoms with Crippen molar-refractivity contribution in [3.63, 3.8) is 0 Å². The van der Waals surface area contributed by atoms with Gasteiger partial charge in [0.05, 0.1) is 0 Å². The SMILES string of the molecule is CN(C)c1cccc(Oc2ncncc2C(=O)NCc2ccccc2Cl)c1. The van der Waals surface area contributed by atoms with Gasteiger partial charge in [0.1, 0.15) is 17.6 Å². The Morgan fingerprint density at radius 2 is 2.00 bits per heavy atom. The first-order chi connectivity index (χ1) is 13.0. The van der Waals surface area contributed by atoms with E-state index in [0.29, 0.717) is 17.3 Å². The van der Waals surface area contributed by atoms with E-state index in [4.69, 9.17) is 16.3 Å². The number of halogens is 1. The number of rotatable bonds is 6. The van der Waals surface area contributed by atoms with Crippen molar-refractivity contribution in [1.29, 1.82) is 0 Å². The Morgan fingerprint density at radius 3 is 2.78 bits per heavy atom. The summed E-state index contributed by atoms with van der Waals surface area (Å²) in [6, 6.07) is 14.9. The standard InChI is InChI=1S/C20H19ClN4O2/c1-25(2)15-7-5-8-16(10-15)27-20-17(12-22-13-24-20)19(26)23-11-14-6-3-4-9-18(14)21/h3-10,12-13H,11H2,1-2H3,(H,23,26). The third kappa shape index (κ3) is 4.74. The highest BCUT2D eigenvalue weighted by atomic mass is 35.5. The summed E-state index contributed by atoms with van der Waals surface area (Å²) in [4.78, 5) is 22.6. The summed E-state index contributed by atoms with van der Waals surface area (Å²) in [7, 11) is 3.88. The molecule has 0 atom stereocenters. The molecule has 0 radical (unpaired) electrons. The van der Waals surface area contributed by atoms with E-state index >= 15 is 0 Å². The molecule has 6 nitrogen and oxygen atoms in total. The van der Waals surface area contributed by atoms with E-state index in [0.717, 1.165) is 11.3 Å². The van der Waals surface area contributed by atoms with Gasteiger partial charge in [0.15, 0.2) is 0 Å². The minimum atomic E-state index is -0.339. The minimum Gasteiger partial charge on any atom is -0.438 e. The molecule has 0 saturated heterocycles. The Kier molecular flexibility index (Phi) is 5.88. The molecule has 2 aromatic carbocycles. The number of carbonyl (C=O) groups is 1. The molecule has 0 aliphatic rings. The van der Waals surface area contributed by atoms with Gasteiger partial charge in [-0.05, 0) is 23.8 Å². The van der Waals surface area contributed by atoms with Gasteiger partial charge >= 0.3 is 0 Å². The van der Waals surface area contributed by atoms with Gasteiger partial charge < -0.3 is 15.0 Å². The lowest BCUT2D eigenvalue weighted by Crippen LogP contribution is -2.24. The summed E-state index contributed by atoms with van der Waals surface area (Å²) in [5.41, 5.74) is 2.05. The van der Waals surface area contributed by atoms with E-state index in [1.165, 1.54) is 12.5 Å². The molecule has 3 rings (SSSR count). The zero-order chi connectivity index (χ0) is 19.2. The quantitative estimate of drug-likeness (QED) is 0.699. The van der Waals surface area contributed by atoms with Gasteiger partial charge in [0.25, 0.3) is 5.91 Å². The van der Waals surface area contributed by atoms with Crippen molar-refractivity contribution in [2.24, 2.45) is 0 Å². The van der Waals surface area contributed by atoms with Gasteiger partial charge in [-0.25, -0.2) is 9.97 Å². The number of hydrogen-bond donors (Lipinski definition) is 1. The zero-order valence-electron chi connectivity index (χ0n) is 15.0. The van der Waals surface area contributed by atoms with E-state index in [1.54, 1.807) is 12.1 Å². The van der Waals surface area contributed by atoms with Crippen molar-refractivity contribution < 1.29 is 9.53 Å². The predicted molar refractivity (Wildman–Crippen MR) is 105 cm³/mol. The zero-order valence-corrected chi connectivity index (χ0v) is 15.8. The maximum absolute atomic E-state index is 12.6. The van der Waals surface area contributed by atoms with Crippen LogP contribution in [0.2, 0.25) is 5.02 Å². The van der Waals surface area contributed by atoms with Crippen LogP contribution in [-0.2, 0) is 6.54 Å². The number of nitrogens with one attached hydrogen (secondary N) is 1. The van der Waals surface area contributed by atoms with Crippen molar-refractivity contribution in [3.05, 3.63) is 77.2 Å². The first-order valence-electron chi connectivity index (χ1n) is 8.31. The molecule has 1 heterocycles. The summed E-state index contributed by atoms with van der Waals surface area (Å²) < 4.78 is 5.83. The Bertz CT molecular complexity index is 947. The molecule has 0 aliphatic heterocycles. The van der Waals surface area contributed by atoms with Crippen LogP contribution in [-0.4, -0.2) is 30.0 Å². The van der Waals surface area contributed by atoms with E-state index < -0.39 is 0 Å².